The average molecular weight is 486 g/mol. The monoisotopic (exact) mass is 485 g/mol. The molecule has 2 aromatic carbocycles. The molecule has 0 radical (unpaired) electrons. The van der Waals surface area contributed by atoms with Crippen molar-refractivity contribution in [2.24, 2.45) is 0 Å². The lowest BCUT2D eigenvalue weighted by molar-refractivity contribution is 0.134. The number of ether oxygens (including phenoxy) is 5. The van der Waals surface area contributed by atoms with E-state index in [0.717, 1.165) is 12.8 Å². The van der Waals surface area contributed by atoms with Gasteiger partial charge in [0.25, 0.3) is 0 Å². The first-order valence-corrected chi connectivity index (χ1v) is 11.4. The molecule has 9 nitrogen and oxygen atoms in total. The van der Waals surface area contributed by atoms with Crippen LogP contribution < -0.4 is 29.6 Å². The van der Waals surface area contributed by atoms with Crippen molar-refractivity contribution in [2.75, 3.05) is 38.9 Å². The SMILES string of the molecule is COCCOc1cc2nccc(Oc3ccc(NC(=O)NC4CC4)c(Cl)c3)c2c2c1OCCO2. The number of carbonyl (C=O) groups is 1. The van der Waals surface area contributed by atoms with Crippen molar-refractivity contribution in [1.82, 2.24) is 10.3 Å². The minimum absolute atomic E-state index is 0.254. The van der Waals surface area contributed by atoms with Crippen molar-refractivity contribution in [3.63, 3.8) is 0 Å². The maximum absolute atomic E-state index is 12.0. The zero-order chi connectivity index (χ0) is 23.5. The molecular formula is C24H24ClN3O6. The molecule has 1 aromatic heterocycles. The molecular weight excluding hydrogens is 462 g/mol. The van der Waals surface area contributed by atoms with Crippen molar-refractivity contribution in [2.45, 2.75) is 18.9 Å². The van der Waals surface area contributed by atoms with Crippen molar-refractivity contribution in [3.8, 4) is 28.7 Å². The number of carbonyl (C=O) groups excluding carboxylic acids is 1. The molecule has 1 aliphatic heterocycles. The fraction of sp³-hybridized carbons (Fsp3) is 0.333. The van der Waals surface area contributed by atoms with Crippen LogP contribution in [0.4, 0.5) is 10.5 Å². The van der Waals surface area contributed by atoms with E-state index in [1.165, 1.54) is 0 Å². The number of hydrogen-bond donors (Lipinski definition) is 2. The Kier molecular flexibility index (Phi) is 6.46. The third-order valence-corrected chi connectivity index (χ3v) is 5.63. The van der Waals surface area contributed by atoms with E-state index in [9.17, 15) is 4.79 Å². The van der Waals surface area contributed by atoms with Crippen LogP contribution in [0.3, 0.4) is 0 Å². The molecule has 2 heterocycles. The zero-order valence-corrected chi connectivity index (χ0v) is 19.3. The number of aromatic nitrogens is 1. The predicted molar refractivity (Wildman–Crippen MR) is 127 cm³/mol. The molecule has 0 saturated heterocycles. The number of benzene rings is 2. The van der Waals surface area contributed by atoms with Crippen LogP contribution in [0.5, 0.6) is 28.7 Å². The molecule has 1 fully saturated rings. The predicted octanol–water partition coefficient (Wildman–Crippen LogP) is 4.76. The molecule has 34 heavy (non-hydrogen) atoms. The standard InChI is InChI=1S/C24H24ClN3O6/c1-30-8-9-31-20-13-18-21(23-22(20)32-10-11-33-23)19(6-7-26-18)34-15-4-5-17(16(25)12-15)28-24(29)27-14-2-3-14/h4-7,12-14H,2-3,8-11H2,1H3,(H2,27,28,29). The molecule has 2 amide bonds. The van der Waals surface area contributed by atoms with Crippen molar-refractivity contribution >= 4 is 34.2 Å². The van der Waals surface area contributed by atoms with E-state index >= 15 is 0 Å². The minimum Gasteiger partial charge on any atom is -0.487 e. The van der Waals surface area contributed by atoms with Gasteiger partial charge < -0.3 is 34.3 Å². The van der Waals surface area contributed by atoms with Gasteiger partial charge in [-0.3, -0.25) is 4.98 Å². The lowest BCUT2D eigenvalue weighted by Gasteiger charge is -2.23. The number of pyridine rings is 1. The molecule has 2 N–H and O–H groups in total. The second-order valence-corrected chi connectivity index (χ2v) is 8.30. The molecule has 178 valence electrons. The molecule has 0 bridgehead atoms. The number of methoxy groups -OCH3 is 1. The second kappa shape index (κ2) is 9.82. The third-order valence-electron chi connectivity index (χ3n) is 5.32. The Labute approximate surface area is 201 Å². The topological polar surface area (TPSA) is 100 Å². The number of halogens is 1. The summed E-state index contributed by atoms with van der Waals surface area (Å²) in [7, 11) is 1.61. The quantitative estimate of drug-likeness (QED) is 0.443. The van der Waals surface area contributed by atoms with E-state index in [1.807, 2.05) is 0 Å². The maximum Gasteiger partial charge on any atom is 0.319 e. The summed E-state index contributed by atoms with van der Waals surface area (Å²) in [5.41, 5.74) is 1.13. The lowest BCUT2D eigenvalue weighted by Crippen LogP contribution is -2.30. The number of nitrogens with zero attached hydrogens (tertiary/aromatic N) is 1. The summed E-state index contributed by atoms with van der Waals surface area (Å²) in [6.45, 7) is 1.62. The Balaban J connectivity index is 1.42. The van der Waals surface area contributed by atoms with Gasteiger partial charge in [-0.2, -0.15) is 0 Å². The molecule has 3 aromatic rings. The molecule has 0 spiro atoms. The summed E-state index contributed by atoms with van der Waals surface area (Å²) >= 11 is 6.40. The van der Waals surface area contributed by atoms with Gasteiger partial charge in [-0.05, 0) is 31.0 Å². The number of fused-ring (bicyclic) bond motifs is 3. The number of amides is 2. The van der Waals surface area contributed by atoms with Gasteiger partial charge in [-0.1, -0.05) is 11.6 Å². The summed E-state index contributed by atoms with van der Waals surface area (Å²) < 4.78 is 28.9. The third kappa shape index (κ3) is 4.90. The molecule has 0 atom stereocenters. The fourth-order valence-corrected chi connectivity index (χ4v) is 3.78. The average Bonchev–Trinajstić information content (AvgIpc) is 3.65. The van der Waals surface area contributed by atoms with Crippen molar-refractivity contribution < 1.29 is 28.5 Å². The molecule has 1 aliphatic carbocycles. The smallest absolute Gasteiger partial charge is 0.319 e. The van der Waals surface area contributed by atoms with Gasteiger partial charge in [-0.15, -0.1) is 0 Å². The Morgan fingerprint density at radius 1 is 1.12 bits per heavy atom. The first kappa shape index (κ1) is 22.4. The Bertz CT molecular complexity index is 1220. The van der Waals surface area contributed by atoms with Gasteiger partial charge in [0.1, 0.15) is 31.3 Å². The largest absolute Gasteiger partial charge is 0.487 e. The molecule has 10 heteroatoms. The highest BCUT2D eigenvalue weighted by atomic mass is 35.5. The molecule has 2 aliphatic rings. The van der Waals surface area contributed by atoms with E-state index < -0.39 is 0 Å². The van der Waals surface area contributed by atoms with Gasteiger partial charge >= 0.3 is 6.03 Å². The highest BCUT2D eigenvalue weighted by Gasteiger charge is 2.25. The second-order valence-electron chi connectivity index (χ2n) is 7.89. The van der Waals surface area contributed by atoms with Gasteiger partial charge in [0, 0.05) is 31.5 Å². The molecule has 1 saturated carbocycles. The van der Waals surface area contributed by atoms with Crippen molar-refractivity contribution in [1.29, 1.82) is 0 Å². The summed E-state index contributed by atoms with van der Waals surface area (Å²) in [4.78, 5) is 16.5. The Morgan fingerprint density at radius 3 is 2.71 bits per heavy atom. The maximum atomic E-state index is 12.0. The van der Waals surface area contributed by atoms with E-state index in [1.54, 1.807) is 43.6 Å². The number of nitrogens with one attached hydrogen (secondary N) is 2. The minimum atomic E-state index is -0.273. The van der Waals surface area contributed by atoms with Crippen LogP contribution >= 0.6 is 11.6 Å². The summed E-state index contributed by atoms with van der Waals surface area (Å²) in [6.07, 6.45) is 3.66. The first-order valence-electron chi connectivity index (χ1n) is 11.0. The Morgan fingerprint density at radius 2 is 1.94 bits per heavy atom. The van der Waals surface area contributed by atoms with E-state index in [0.29, 0.717) is 76.8 Å². The van der Waals surface area contributed by atoms with Crippen LogP contribution in [0.25, 0.3) is 10.9 Å². The number of hydrogen-bond acceptors (Lipinski definition) is 7. The van der Waals surface area contributed by atoms with Crippen LogP contribution in [-0.2, 0) is 4.74 Å². The normalized spacial score (nSPS) is 14.5. The molecule has 0 unspecified atom stereocenters. The summed E-state index contributed by atoms with van der Waals surface area (Å²) in [5.74, 6) is 2.58. The highest BCUT2D eigenvalue weighted by molar-refractivity contribution is 6.33. The summed E-state index contributed by atoms with van der Waals surface area (Å²) in [6, 6.07) is 8.60. The Hall–Kier alpha value is -3.43. The first-order chi connectivity index (χ1) is 16.6. The number of rotatable bonds is 8. The number of urea groups is 1. The van der Waals surface area contributed by atoms with Crippen LogP contribution in [0.15, 0.2) is 36.5 Å². The van der Waals surface area contributed by atoms with Gasteiger partial charge in [-0.25, -0.2) is 4.79 Å². The van der Waals surface area contributed by atoms with E-state index in [2.05, 4.69) is 15.6 Å². The van der Waals surface area contributed by atoms with Crippen LogP contribution in [0.1, 0.15) is 12.8 Å². The van der Waals surface area contributed by atoms with Gasteiger partial charge in [0.2, 0.25) is 5.75 Å². The summed E-state index contributed by atoms with van der Waals surface area (Å²) in [5, 5.41) is 6.65. The van der Waals surface area contributed by atoms with E-state index in [-0.39, 0.29) is 12.1 Å². The fourth-order valence-electron chi connectivity index (χ4n) is 3.56. The van der Waals surface area contributed by atoms with Gasteiger partial charge in [0.15, 0.2) is 11.5 Å². The van der Waals surface area contributed by atoms with Crippen LogP contribution in [0, 0.1) is 0 Å². The lowest BCUT2D eigenvalue weighted by atomic mass is 10.1. The number of anilines is 1. The van der Waals surface area contributed by atoms with Gasteiger partial charge in [0.05, 0.1) is 28.2 Å². The molecule has 5 rings (SSSR count). The van der Waals surface area contributed by atoms with Crippen LogP contribution in [-0.4, -0.2) is 50.6 Å². The van der Waals surface area contributed by atoms with Crippen LogP contribution in [0.2, 0.25) is 5.02 Å². The zero-order valence-electron chi connectivity index (χ0n) is 18.6. The van der Waals surface area contributed by atoms with E-state index in [4.69, 9.17) is 35.3 Å². The highest BCUT2D eigenvalue weighted by Crippen LogP contribution is 2.48. The van der Waals surface area contributed by atoms with Crippen molar-refractivity contribution in [3.05, 3.63) is 41.6 Å².